The Kier molecular flexibility index (Phi) is 33.4. The molecule has 0 aliphatic heterocycles. The molecule has 37 heavy (non-hydrogen) atoms. The summed E-state index contributed by atoms with van der Waals surface area (Å²) in [5.74, 6) is 37.8. The molecule has 0 heteroatoms. The van der Waals surface area contributed by atoms with E-state index in [2.05, 4.69) is 110 Å². The van der Waals surface area contributed by atoms with Gasteiger partial charge in [0.1, 0.15) is 0 Å². The summed E-state index contributed by atoms with van der Waals surface area (Å²) >= 11 is 0. The second kappa shape index (κ2) is 34.6. The van der Waals surface area contributed by atoms with Crippen molar-refractivity contribution in [1.29, 1.82) is 0 Å². The molecule has 0 aromatic rings. The van der Waals surface area contributed by atoms with E-state index >= 15 is 0 Å². The van der Waals surface area contributed by atoms with Crippen LogP contribution in [-0.2, 0) is 0 Å². The topological polar surface area (TPSA) is 0 Å². The third kappa shape index (κ3) is 40.0. The van der Waals surface area contributed by atoms with Gasteiger partial charge in [-0.2, -0.15) is 0 Å². The number of unbranched alkanes of at least 4 members (excludes halogenated alkanes) is 14. The van der Waals surface area contributed by atoms with Gasteiger partial charge in [0.05, 0.1) is 0 Å². The molecule has 0 nitrogen and oxygen atoms in total. The van der Waals surface area contributed by atoms with E-state index in [1.807, 2.05) is 0 Å². The highest BCUT2D eigenvalue weighted by atomic mass is 14.0. The van der Waals surface area contributed by atoms with E-state index < -0.39 is 0 Å². The fraction of sp³-hybridized carbons (Fsp3) is 0.568. The Hall–Kier alpha value is -3.52. The first-order valence-corrected chi connectivity index (χ1v) is 14.1. The van der Waals surface area contributed by atoms with Crippen molar-refractivity contribution < 1.29 is 0 Å². The summed E-state index contributed by atoms with van der Waals surface area (Å²) in [4.78, 5) is 0. The summed E-state index contributed by atoms with van der Waals surface area (Å²) in [6.45, 7) is 8.67. The van der Waals surface area contributed by atoms with Gasteiger partial charge in [0.15, 0.2) is 0 Å². The van der Waals surface area contributed by atoms with Crippen LogP contribution in [0.25, 0.3) is 0 Å². The fourth-order valence-corrected chi connectivity index (χ4v) is 3.37. The molecule has 0 fully saturated rings. The van der Waals surface area contributed by atoms with Crippen LogP contribution < -0.4 is 0 Å². The van der Waals surface area contributed by atoms with Gasteiger partial charge >= 0.3 is 0 Å². The summed E-state index contributed by atoms with van der Waals surface area (Å²) in [5, 5.41) is 0. The average molecular weight is 491 g/mol. The molecule has 0 saturated heterocycles. The molecule has 0 bridgehead atoms. The van der Waals surface area contributed by atoms with Crippen LogP contribution in [0.15, 0.2) is 0 Å². The molecule has 0 unspecified atom stereocenters. The minimum Gasteiger partial charge on any atom is -0.106 e. The highest BCUT2D eigenvalue weighted by molar-refractivity contribution is 5.45. The van der Waals surface area contributed by atoms with Crippen LogP contribution in [0.2, 0.25) is 0 Å². The molecule has 0 N–H and O–H groups in total. The van der Waals surface area contributed by atoms with Gasteiger partial charge in [-0.25, -0.2) is 0 Å². The lowest BCUT2D eigenvalue weighted by Gasteiger charge is -2.05. The van der Waals surface area contributed by atoms with E-state index in [0.717, 1.165) is 5.92 Å². The van der Waals surface area contributed by atoms with E-state index in [-0.39, 0.29) is 0 Å². The summed E-state index contributed by atoms with van der Waals surface area (Å²) in [6, 6.07) is 0. The van der Waals surface area contributed by atoms with Gasteiger partial charge in [-0.1, -0.05) is 129 Å². The highest BCUT2D eigenvalue weighted by Gasteiger charge is 1.96. The van der Waals surface area contributed by atoms with Crippen molar-refractivity contribution in [1.82, 2.24) is 0 Å². The van der Waals surface area contributed by atoms with Crippen LogP contribution in [0, 0.1) is 101 Å². The number of hydrogen-bond acceptors (Lipinski definition) is 0. The van der Waals surface area contributed by atoms with Crippen molar-refractivity contribution in [3.63, 3.8) is 0 Å². The first kappa shape index (κ1) is 35.6. The second-order valence-electron chi connectivity index (χ2n) is 9.15. The lowest BCUT2D eigenvalue weighted by molar-refractivity contribution is 0.502. The molecule has 194 valence electrons. The predicted octanol–water partition coefficient (Wildman–Crippen LogP) is 8.57. The molecule has 0 aromatic carbocycles. The molecule has 0 radical (unpaired) electrons. The molecule has 0 aliphatic rings. The van der Waals surface area contributed by atoms with Gasteiger partial charge in [-0.3, -0.25) is 0 Å². The van der Waals surface area contributed by atoms with E-state index in [9.17, 15) is 0 Å². The SMILES string of the molecule is C#CC#CC#CC#CC#CC#CC#CC#CC.CCCCCCCCCCCCCCCCCC(C)C. The van der Waals surface area contributed by atoms with Crippen molar-refractivity contribution in [2.75, 3.05) is 0 Å². The summed E-state index contributed by atoms with van der Waals surface area (Å²) in [6.07, 6.45) is 28.3. The third-order valence-corrected chi connectivity index (χ3v) is 5.33. The molecule has 0 atom stereocenters. The lowest BCUT2D eigenvalue weighted by Crippen LogP contribution is -1.87. The van der Waals surface area contributed by atoms with Gasteiger partial charge in [0, 0.05) is 0 Å². The van der Waals surface area contributed by atoms with E-state index in [0.29, 0.717) is 0 Å². The molecule has 0 spiro atoms. The molecular weight excluding hydrogens is 444 g/mol. The Bertz CT molecular complexity index is 1030. The van der Waals surface area contributed by atoms with E-state index in [4.69, 9.17) is 6.42 Å². The number of terminal acetylenes is 1. The lowest BCUT2D eigenvalue weighted by atomic mass is 10.0. The first-order valence-electron chi connectivity index (χ1n) is 14.1. The van der Waals surface area contributed by atoms with E-state index in [1.165, 1.54) is 103 Å². The molecule has 0 saturated carbocycles. The maximum absolute atomic E-state index is 4.88. The summed E-state index contributed by atoms with van der Waals surface area (Å²) in [7, 11) is 0. The van der Waals surface area contributed by atoms with Gasteiger partial charge in [-0.15, -0.1) is 6.42 Å². The largest absolute Gasteiger partial charge is 0.106 e. The van der Waals surface area contributed by atoms with Crippen LogP contribution in [-0.4, -0.2) is 0 Å². The fourth-order valence-electron chi connectivity index (χ4n) is 3.37. The van der Waals surface area contributed by atoms with Crippen LogP contribution >= 0.6 is 0 Å². The first-order chi connectivity index (χ1) is 18.2. The minimum absolute atomic E-state index is 0.900. The zero-order valence-electron chi connectivity index (χ0n) is 24.0. The highest BCUT2D eigenvalue weighted by Crippen LogP contribution is 2.14. The van der Waals surface area contributed by atoms with Gasteiger partial charge < -0.3 is 0 Å². The smallest absolute Gasteiger partial charge is 0.0000000000000253 e. The Morgan fingerprint density at radius 3 is 1.03 bits per heavy atom. The maximum atomic E-state index is 4.88. The van der Waals surface area contributed by atoms with Gasteiger partial charge in [-0.05, 0) is 95.7 Å². The van der Waals surface area contributed by atoms with Crippen LogP contribution in [0.4, 0.5) is 0 Å². The van der Waals surface area contributed by atoms with Gasteiger partial charge in [0.25, 0.3) is 0 Å². The molecule has 0 amide bonds. The zero-order valence-corrected chi connectivity index (χ0v) is 24.0. The Labute approximate surface area is 231 Å². The van der Waals surface area contributed by atoms with Crippen molar-refractivity contribution in [3.05, 3.63) is 0 Å². The molecular formula is C37H46. The van der Waals surface area contributed by atoms with Crippen molar-refractivity contribution in [3.8, 4) is 95.2 Å². The maximum Gasteiger partial charge on any atom is -0.0000000000000253 e. The standard InChI is InChI=1S/C20H42.C17H4/c1-4-5-6-7-8-9-10-11-12-13-14-15-16-17-18-19-20(2)3;1-3-5-7-9-11-13-15-17-16-14-12-10-8-6-4-2/h20H,4-19H2,1-3H3;1H,2H3. The van der Waals surface area contributed by atoms with Crippen LogP contribution in [0.3, 0.4) is 0 Å². The van der Waals surface area contributed by atoms with Gasteiger partial charge in [0.2, 0.25) is 0 Å². The normalized spacial score (nSPS) is 7.89. The molecule has 0 aromatic heterocycles. The number of hydrogen-bond donors (Lipinski definition) is 0. The Morgan fingerprint density at radius 1 is 0.432 bits per heavy atom. The monoisotopic (exact) mass is 490 g/mol. The quantitative estimate of drug-likeness (QED) is 0.150. The van der Waals surface area contributed by atoms with Crippen molar-refractivity contribution in [2.24, 2.45) is 5.92 Å². The second-order valence-corrected chi connectivity index (χ2v) is 9.15. The van der Waals surface area contributed by atoms with Crippen molar-refractivity contribution in [2.45, 2.75) is 130 Å². The van der Waals surface area contributed by atoms with Crippen LogP contribution in [0.1, 0.15) is 130 Å². The Balaban J connectivity index is 0. The minimum atomic E-state index is 0.900. The third-order valence-electron chi connectivity index (χ3n) is 5.33. The zero-order chi connectivity index (χ0) is 27.5. The predicted molar refractivity (Wildman–Crippen MR) is 163 cm³/mol. The molecule has 0 aliphatic carbocycles. The van der Waals surface area contributed by atoms with Crippen LogP contribution in [0.5, 0.6) is 0 Å². The van der Waals surface area contributed by atoms with Crippen molar-refractivity contribution >= 4 is 0 Å². The molecule has 0 rings (SSSR count). The molecule has 0 heterocycles. The van der Waals surface area contributed by atoms with E-state index in [1.54, 1.807) is 6.92 Å². The summed E-state index contributed by atoms with van der Waals surface area (Å²) in [5.41, 5.74) is 0. The Morgan fingerprint density at radius 2 is 0.730 bits per heavy atom. The average Bonchev–Trinajstić information content (AvgIpc) is 2.89. The number of rotatable bonds is 16. The summed E-state index contributed by atoms with van der Waals surface area (Å²) < 4.78 is 0.